The molecule has 0 spiro atoms. The fraction of sp³-hybridized carbons (Fsp3) is 0.500. The minimum Gasteiger partial charge on any atom is -0.397 e. The summed E-state index contributed by atoms with van der Waals surface area (Å²) >= 11 is 0. The Morgan fingerprint density at radius 3 is 2.58 bits per heavy atom. The van der Waals surface area contributed by atoms with Crippen molar-refractivity contribution in [1.82, 2.24) is 4.31 Å². The average molecular weight is 287 g/mol. The molecule has 0 radical (unpaired) electrons. The van der Waals surface area contributed by atoms with E-state index in [1.807, 2.05) is 0 Å². The van der Waals surface area contributed by atoms with E-state index in [9.17, 15) is 13.5 Å². The number of sulfonamides is 1. The lowest BCUT2D eigenvalue weighted by Crippen LogP contribution is -2.22. The number of aliphatic hydroxyl groups is 1. The number of hydrogen-bond acceptors (Lipinski definition) is 5. The second kappa shape index (κ2) is 6.23. The molecule has 0 saturated carbocycles. The summed E-state index contributed by atoms with van der Waals surface area (Å²) in [5, 5.41) is 12.2. The summed E-state index contributed by atoms with van der Waals surface area (Å²) < 4.78 is 25.1. The van der Waals surface area contributed by atoms with E-state index in [1.165, 1.54) is 26.2 Å². The predicted octanol–water partition coefficient (Wildman–Crippen LogP) is 0.702. The van der Waals surface area contributed by atoms with Crippen molar-refractivity contribution in [1.29, 1.82) is 0 Å². The van der Waals surface area contributed by atoms with Crippen molar-refractivity contribution in [2.75, 3.05) is 31.7 Å². The van der Waals surface area contributed by atoms with Crippen LogP contribution in [0.1, 0.15) is 13.3 Å². The molecule has 1 aromatic rings. The third-order valence-corrected chi connectivity index (χ3v) is 4.49. The molecule has 1 rings (SSSR count). The minimum absolute atomic E-state index is 0.186. The first kappa shape index (κ1) is 15.7. The van der Waals surface area contributed by atoms with Gasteiger partial charge in [0.25, 0.3) is 0 Å². The molecule has 19 heavy (non-hydrogen) atoms. The van der Waals surface area contributed by atoms with Crippen molar-refractivity contribution in [2.24, 2.45) is 0 Å². The van der Waals surface area contributed by atoms with Crippen LogP contribution in [0.5, 0.6) is 0 Å². The number of anilines is 2. The normalized spacial score (nSPS) is 13.5. The second-order valence-corrected chi connectivity index (χ2v) is 6.75. The first-order valence-corrected chi connectivity index (χ1v) is 7.43. The molecule has 0 heterocycles. The third kappa shape index (κ3) is 4.09. The molecule has 4 N–H and O–H groups in total. The van der Waals surface area contributed by atoms with Crippen molar-refractivity contribution in [3.8, 4) is 0 Å². The van der Waals surface area contributed by atoms with Gasteiger partial charge in [-0.1, -0.05) is 0 Å². The maximum absolute atomic E-state index is 12.0. The Labute approximate surface area is 114 Å². The molecular weight excluding hydrogens is 266 g/mol. The molecule has 0 aliphatic carbocycles. The fourth-order valence-corrected chi connectivity index (χ4v) is 2.40. The first-order chi connectivity index (χ1) is 8.75. The molecule has 1 aromatic carbocycles. The number of nitrogen functional groups attached to an aromatic ring is 1. The zero-order chi connectivity index (χ0) is 14.6. The summed E-state index contributed by atoms with van der Waals surface area (Å²) in [6, 6.07) is 4.54. The van der Waals surface area contributed by atoms with Crippen molar-refractivity contribution in [2.45, 2.75) is 24.3 Å². The van der Waals surface area contributed by atoms with Crippen LogP contribution in [0.3, 0.4) is 0 Å². The van der Waals surface area contributed by atoms with E-state index in [0.29, 0.717) is 24.3 Å². The number of rotatable bonds is 6. The van der Waals surface area contributed by atoms with E-state index in [-0.39, 0.29) is 4.90 Å². The summed E-state index contributed by atoms with van der Waals surface area (Å²) in [6.07, 6.45) is 0.145. The fourth-order valence-electron chi connectivity index (χ4n) is 1.48. The minimum atomic E-state index is -3.47. The van der Waals surface area contributed by atoms with Crippen molar-refractivity contribution < 1.29 is 13.5 Å². The highest BCUT2D eigenvalue weighted by atomic mass is 32.2. The van der Waals surface area contributed by atoms with Crippen molar-refractivity contribution >= 4 is 21.4 Å². The van der Waals surface area contributed by atoms with Crippen LogP contribution in [-0.2, 0) is 10.0 Å². The maximum atomic E-state index is 12.0. The molecule has 7 heteroatoms. The monoisotopic (exact) mass is 287 g/mol. The van der Waals surface area contributed by atoms with Gasteiger partial charge in [-0.3, -0.25) is 0 Å². The van der Waals surface area contributed by atoms with Gasteiger partial charge < -0.3 is 16.2 Å². The van der Waals surface area contributed by atoms with Gasteiger partial charge in [0.15, 0.2) is 0 Å². The lowest BCUT2D eigenvalue weighted by Gasteiger charge is -2.15. The van der Waals surface area contributed by atoms with Crippen LogP contribution < -0.4 is 11.1 Å². The van der Waals surface area contributed by atoms with Crippen LogP contribution in [0.15, 0.2) is 23.1 Å². The smallest absolute Gasteiger partial charge is 0.242 e. The molecule has 0 aliphatic rings. The molecular formula is C12H21N3O3S. The largest absolute Gasteiger partial charge is 0.397 e. The molecule has 6 nitrogen and oxygen atoms in total. The second-order valence-electron chi connectivity index (χ2n) is 4.60. The summed E-state index contributed by atoms with van der Waals surface area (Å²) in [5.74, 6) is 0. The average Bonchev–Trinajstić information content (AvgIpc) is 2.30. The molecule has 0 amide bonds. The molecule has 0 bridgehead atoms. The molecule has 108 valence electrons. The van der Waals surface area contributed by atoms with Gasteiger partial charge in [0, 0.05) is 20.6 Å². The summed E-state index contributed by atoms with van der Waals surface area (Å²) in [4.78, 5) is 0.186. The van der Waals surface area contributed by atoms with Gasteiger partial charge in [0.1, 0.15) is 0 Å². The van der Waals surface area contributed by atoms with Gasteiger partial charge in [0.05, 0.1) is 22.4 Å². The Bertz CT molecular complexity index is 527. The molecule has 0 fully saturated rings. The van der Waals surface area contributed by atoms with Gasteiger partial charge >= 0.3 is 0 Å². The van der Waals surface area contributed by atoms with E-state index in [0.717, 1.165) is 4.31 Å². The Morgan fingerprint density at radius 2 is 2.05 bits per heavy atom. The van der Waals surface area contributed by atoms with E-state index in [4.69, 9.17) is 5.73 Å². The number of hydrogen-bond donors (Lipinski definition) is 3. The van der Waals surface area contributed by atoms with E-state index in [2.05, 4.69) is 5.32 Å². The number of benzene rings is 1. The maximum Gasteiger partial charge on any atom is 0.242 e. The number of nitrogens with two attached hydrogens (primary N) is 1. The number of nitrogens with one attached hydrogen (secondary N) is 1. The van der Waals surface area contributed by atoms with Crippen LogP contribution in [-0.4, -0.2) is 44.6 Å². The Kier molecular flexibility index (Phi) is 5.16. The van der Waals surface area contributed by atoms with Gasteiger partial charge in [-0.2, -0.15) is 0 Å². The molecule has 0 aliphatic heterocycles. The highest BCUT2D eigenvalue weighted by molar-refractivity contribution is 7.89. The molecule has 1 unspecified atom stereocenters. The summed E-state index contributed by atoms with van der Waals surface area (Å²) in [6.45, 7) is 2.21. The molecule has 0 saturated heterocycles. The lowest BCUT2D eigenvalue weighted by atomic mass is 10.2. The zero-order valence-electron chi connectivity index (χ0n) is 11.4. The standard InChI is InChI=1S/C12H21N3O3S/c1-9(16)6-7-14-12-8-10(4-5-11(12)13)19(17,18)15(2)3/h4-5,8-9,14,16H,6-7,13H2,1-3H3. The van der Waals surface area contributed by atoms with Gasteiger partial charge in [-0.25, -0.2) is 12.7 Å². The van der Waals surface area contributed by atoms with Crippen molar-refractivity contribution in [3.05, 3.63) is 18.2 Å². The summed E-state index contributed by atoms with van der Waals surface area (Å²) in [5.41, 5.74) is 6.83. The van der Waals surface area contributed by atoms with Crippen LogP contribution in [0.2, 0.25) is 0 Å². The third-order valence-electron chi connectivity index (χ3n) is 2.68. The van der Waals surface area contributed by atoms with Crippen molar-refractivity contribution in [3.63, 3.8) is 0 Å². The Morgan fingerprint density at radius 1 is 1.42 bits per heavy atom. The number of aliphatic hydroxyl groups excluding tert-OH is 1. The van der Waals surface area contributed by atoms with E-state index in [1.54, 1.807) is 13.0 Å². The van der Waals surface area contributed by atoms with Crippen LogP contribution in [0.4, 0.5) is 11.4 Å². The molecule has 0 aromatic heterocycles. The summed E-state index contributed by atoms with van der Waals surface area (Å²) in [7, 11) is -0.512. The van der Waals surface area contributed by atoms with E-state index < -0.39 is 16.1 Å². The molecule has 1 atom stereocenters. The van der Waals surface area contributed by atoms with Gasteiger partial charge in [0.2, 0.25) is 10.0 Å². The highest BCUT2D eigenvalue weighted by Gasteiger charge is 2.18. The SMILES string of the molecule is CC(O)CCNc1cc(S(=O)(=O)N(C)C)ccc1N. The quantitative estimate of drug-likeness (QED) is 0.669. The topological polar surface area (TPSA) is 95.7 Å². The Balaban J connectivity index is 2.95. The van der Waals surface area contributed by atoms with Gasteiger partial charge in [-0.15, -0.1) is 0 Å². The predicted molar refractivity (Wildman–Crippen MR) is 76.5 cm³/mol. The Hall–Kier alpha value is -1.31. The van der Waals surface area contributed by atoms with Crippen LogP contribution in [0, 0.1) is 0 Å². The number of nitrogens with zero attached hydrogens (tertiary/aromatic N) is 1. The lowest BCUT2D eigenvalue weighted by molar-refractivity contribution is 0.189. The van der Waals surface area contributed by atoms with Gasteiger partial charge in [-0.05, 0) is 31.5 Å². The van der Waals surface area contributed by atoms with Crippen LogP contribution >= 0.6 is 0 Å². The zero-order valence-corrected chi connectivity index (χ0v) is 12.2. The van der Waals surface area contributed by atoms with E-state index >= 15 is 0 Å². The highest BCUT2D eigenvalue weighted by Crippen LogP contribution is 2.24. The first-order valence-electron chi connectivity index (χ1n) is 5.99. The van der Waals surface area contributed by atoms with Crippen LogP contribution in [0.25, 0.3) is 0 Å².